The number of aromatic nitrogens is 5. The number of hydrogen-bond acceptors (Lipinski definition) is 7. The molecule has 4 aromatic rings. The lowest BCUT2D eigenvalue weighted by molar-refractivity contribution is 0.0743. The molecule has 0 saturated carbocycles. The molecule has 3 heterocycles. The maximum absolute atomic E-state index is 13.6. The Labute approximate surface area is 240 Å². The quantitative estimate of drug-likeness (QED) is 0.273. The van der Waals surface area contributed by atoms with Crippen molar-refractivity contribution in [1.29, 1.82) is 0 Å². The second-order valence-corrected chi connectivity index (χ2v) is 10.2. The van der Waals surface area contributed by atoms with Gasteiger partial charge >= 0.3 is 6.09 Å². The molecule has 206 valence electrons. The highest BCUT2D eigenvalue weighted by atomic mass is 35.5. The molecule has 2 aromatic carbocycles. The minimum absolute atomic E-state index is 0.00511. The van der Waals surface area contributed by atoms with Crippen LogP contribution < -0.4 is 10.7 Å². The maximum Gasteiger partial charge on any atom is 0.404 e. The van der Waals surface area contributed by atoms with Crippen LogP contribution in [0.4, 0.5) is 4.79 Å². The number of rotatable bonds is 8. The first-order valence-electron chi connectivity index (χ1n) is 12.7. The third kappa shape index (κ3) is 6.74. The van der Waals surface area contributed by atoms with Gasteiger partial charge in [0.05, 0.1) is 36.4 Å². The van der Waals surface area contributed by atoms with Crippen molar-refractivity contribution in [2.75, 3.05) is 13.1 Å². The first-order chi connectivity index (χ1) is 19.4. The second kappa shape index (κ2) is 12.4. The molecule has 3 N–H and O–H groups in total. The van der Waals surface area contributed by atoms with Gasteiger partial charge in [0.15, 0.2) is 5.69 Å². The van der Waals surface area contributed by atoms with Crippen molar-refractivity contribution < 1.29 is 14.7 Å². The van der Waals surface area contributed by atoms with E-state index in [0.29, 0.717) is 32.8 Å². The largest absolute Gasteiger partial charge is 0.465 e. The van der Waals surface area contributed by atoms with Crippen molar-refractivity contribution in [3.05, 3.63) is 81.9 Å². The van der Waals surface area contributed by atoms with Gasteiger partial charge in [0.25, 0.3) is 5.91 Å². The number of carboxylic acid groups (broad SMARTS) is 1. The normalized spacial score (nSPS) is 13.7. The molecule has 0 bridgehead atoms. The summed E-state index contributed by atoms with van der Waals surface area (Å²) in [5.41, 5.74) is 6.49. The van der Waals surface area contributed by atoms with Gasteiger partial charge in [-0.3, -0.25) is 10.2 Å². The maximum atomic E-state index is 13.6. The standard InChI is InChI=1S/C27H26Cl2N8O3/c28-19-8-4-17(5-9-19)23-24(18-6-10-20(29)11-7-18)32-25(26(38)34-36-12-2-1-3-13-36)22(31-23)16-37-15-21(33-35-37)14-30-27(39)40/h4-11,15,30H,1-3,12-14,16H2,(H,34,38)(H,39,40). The van der Waals surface area contributed by atoms with Crippen molar-refractivity contribution in [3.63, 3.8) is 0 Å². The first-order valence-corrected chi connectivity index (χ1v) is 13.5. The summed E-state index contributed by atoms with van der Waals surface area (Å²) in [6.45, 7) is 1.58. The molecule has 1 aliphatic rings. The predicted molar refractivity (Wildman–Crippen MR) is 150 cm³/mol. The third-order valence-electron chi connectivity index (χ3n) is 6.35. The molecule has 1 fully saturated rings. The highest BCUT2D eigenvalue weighted by Crippen LogP contribution is 2.32. The number of piperidine rings is 1. The highest BCUT2D eigenvalue weighted by molar-refractivity contribution is 6.31. The molecule has 5 rings (SSSR count). The summed E-state index contributed by atoms with van der Waals surface area (Å²) in [5, 5.41) is 22.3. The van der Waals surface area contributed by atoms with Crippen LogP contribution in [0.1, 0.15) is 41.1 Å². The lowest BCUT2D eigenvalue weighted by Crippen LogP contribution is -2.45. The van der Waals surface area contributed by atoms with Gasteiger partial charge in [0.1, 0.15) is 5.69 Å². The zero-order valence-corrected chi connectivity index (χ0v) is 22.9. The van der Waals surface area contributed by atoms with Crippen molar-refractivity contribution in [3.8, 4) is 22.5 Å². The zero-order valence-electron chi connectivity index (χ0n) is 21.3. The molecular weight excluding hydrogens is 555 g/mol. The minimum atomic E-state index is -1.16. The summed E-state index contributed by atoms with van der Waals surface area (Å²) in [6, 6.07) is 14.4. The number of amides is 2. The number of carbonyl (C=O) groups excluding carboxylic acids is 1. The average Bonchev–Trinajstić information content (AvgIpc) is 3.40. The molecule has 2 aromatic heterocycles. The van der Waals surface area contributed by atoms with E-state index in [1.54, 1.807) is 30.5 Å². The fourth-order valence-electron chi connectivity index (χ4n) is 4.40. The number of hydrogen-bond donors (Lipinski definition) is 3. The van der Waals surface area contributed by atoms with Crippen LogP contribution in [0.15, 0.2) is 54.7 Å². The second-order valence-electron chi connectivity index (χ2n) is 9.28. The third-order valence-corrected chi connectivity index (χ3v) is 6.86. The van der Waals surface area contributed by atoms with Crippen molar-refractivity contribution in [2.24, 2.45) is 0 Å². The van der Waals surface area contributed by atoms with Gasteiger partial charge in [-0.25, -0.2) is 24.5 Å². The van der Waals surface area contributed by atoms with Crippen LogP contribution in [0.5, 0.6) is 0 Å². The minimum Gasteiger partial charge on any atom is -0.465 e. The zero-order chi connectivity index (χ0) is 28.1. The molecule has 13 heteroatoms. The smallest absolute Gasteiger partial charge is 0.404 e. The molecule has 1 aliphatic heterocycles. The Balaban J connectivity index is 1.59. The van der Waals surface area contributed by atoms with E-state index >= 15 is 0 Å². The van der Waals surface area contributed by atoms with Gasteiger partial charge in [0, 0.05) is 34.3 Å². The molecule has 0 unspecified atom stereocenters. The summed E-state index contributed by atoms with van der Waals surface area (Å²) in [6.07, 6.45) is 3.55. The molecule has 0 radical (unpaired) electrons. The first kappa shape index (κ1) is 27.5. The summed E-state index contributed by atoms with van der Waals surface area (Å²) in [7, 11) is 0. The molecule has 11 nitrogen and oxygen atoms in total. The molecule has 1 saturated heterocycles. The SMILES string of the molecule is O=C(O)NCc1cn(Cc2nc(-c3ccc(Cl)cc3)c(-c3ccc(Cl)cc3)nc2C(=O)NN2CCCCC2)nn1. The van der Waals surface area contributed by atoms with Crippen molar-refractivity contribution in [1.82, 2.24) is 40.7 Å². The fourth-order valence-corrected chi connectivity index (χ4v) is 4.65. The predicted octanol–water partition coefficient (Wildman–Crippen LogP) is 4.66. The van der Waals surface area contributed by atoms with Gasteiger partial charge in [-0.1, -0.05) is 59.1 Å². The molecule has 0 spiro atoms. The number of hydrazine groups is 1. The van der Waals surface area contributed by atoms with Crippen LogP contribution in [-0.2, 0) is 13.1 Å². The van der Waals surface area contributed by atoms with E-state index in [2.05, 4.69) is 21.1 Å². The van der Waals surface area contributed by atoms with Crippen LogP contribution >= 0.6 is 23.2 Å². The Morgan fingerprint density at radius 2 is 1.48 bits per heavy atom. The molecule has 2 amide bonds. The Bertz CT molecular complexity index is 1500. The van der Waals surface area contributed by atoms with Gasteiger partial charge in [-0.2, -0.15) is 0 Å². The fraction of sp³-hybridized carbons (Fsp3) is 0.259. The number of nitrogens with one attached hydrogen (secondary N) is 2. The monoisotopic (exact) mass is 580 g/mol. The Morgan fingerprint density at radius 3 is 2.08 bits per heavy atom. The van der Waals surface area contributed by atoms with E-state index in [1.807, 2.05) is 29.3 Å². The molecule has 40 heavy (non-hydrogen) atoms. The molecule has 0 atom stereocenters. The van der Waals surface area contributed by atoms with Gasteiger partial charge in [-0.05, 0) is 37.1 Å². The van der Waals surface area contributed by atoms with Gasteiger partial charge in [0.2, 0.25) is 0 Å². The highest BCUT2D eigenvalue weighted by Gasteiger charge is 2.24. The van der Waals surface area contributed by atoms with Crippen LogP contribution in [0, 0.1) is 0 Å². The topological polar surface area (TPSA) is 138 Å². The van der Waals surface area contributed by atoms with E-state index in [4.69, 9.17) is 38.3 Å². The summed E-state index contributed by atoms with van der Waals surface area (Å²) in [4.78, 5) is 34.3. The molecular formula is C27H26Cl2N8O3. The number of halogens is 2. The van der Waals surface area contributed by atoms with E-state index in [1.165, 1.54) is 4.68 Å². The van der Waals surface area contributed by atoms with Crippen LogP contribution in [-0.4, -0.2) is 60.2 Å². The Hall–Kier alpha value is -4.06. The van der Waals surface area contributed by atoms with Crippen LogP contribution in [0.25, 0.3) is 22.5 Å². The van der Waals surface area contributed by atoms with E-state index in [0.717, 1.165) is 43.5 Å². The van der Waals surface area contributed by atoms with Crippen LogP contribution in [0.3, 0.4) is 0 Å². The number of benzene rings is 2. The lowest BCUT2D eigenvalue weighted by Gasteiger charge is -2.27. The summed E-state index contributed by atoms with van der Waals surface area (Å²) >= 11 is 12.3. The summed E-state index contributed by atoms with van der Waals surface area (Å²) in [5.74, 6) is -0.379. The van der Waals surface area contributed by atoms with Crippen molar-refractivity contribution in [2.45, 2.75) is 32.4 Å². The van der Waals surface area contributed by atoms with E-state index < -0.39 is 6.09 Å². The number of nitrogens with zero attached hydrogens (tertiary/aromatic N) is 6. The molecule has 0 aliphatic carbocycles. The Morgan fingerprint density at radius 1 is 0.875 bits per heavy atom. The summed E-state index contributed by atoms with van der Waals surface area (Å²) < 4.78 is 1.49. The number of carbonyl (C=O) groups is 2. The van der Waals surface area contributed by atoms with Gasteiger partial charge < -0.3 is 10.4 Å². The lowest BCUT2D eigenvalue weighted by atomic mass is 10.0. The van der Waals surface area contributed by atoms with Crippen molar-refractivity contribution >= 4 is 35.2 Å². The van der Waals surface area contributed by atoms with Crippen LogP contribution in [0.2, 0.25) is 10.0 Å². The van der Waals surface area contributed by atoms with E-state index in [-0.39, 0.29) is 24.7 Å². The Kier molecular flexibility index (Phi) is 8.54. The van der Waals surface area contributed by atoms with E-state index in [9.17, 15) is 9.59 Å². The average molecular weight is 581 g/mol. The van der Waals surface area contributed by atoms with Gasteiger partial charge in [-0.15, -0.1) is 5.10 Å².